The van der Waals surface area contributed by atoms with Crippen molar-refractivity contribution in [2.45, 2.75) is 25.7 Å². The van der Waals surface area contributed by atoms with Crippen molar-refractivity contribution in [3.63, 3.8) is 0 Å². The summed E-state index contributed by atoms with van der Waals surface area (Å²) in [6.07, 6.45) is 4.60. The maximum Gasteiger partial charge on any atom is 0.253 e. The summed E-state index contributed by atoms with van der Waals surface area (Å²) in [4.78, 5) is 12.0. The Morgan fingerprint density at radius 2 is 1.80 bits per heavy atom. The summed E-state index contributed by atoms with van der Waals surface area (Å²) in [5.74, 6) is -2.00. The molecule has 0 saturated heterocycles. The quantitative estimate of drug-likeness (QED) is 0.633. The Kier molecular flexibility index (Phi) is 5.53. The van der Waals surface area contributed by atoms with E-state index in [-0.39, 0.29) is 23.7 Å². The zero-order valence-electron chi connectivity index (χ0n) is 13.6. The first-order valence-corrected chi connectivity index (χ1v) is 8.60. The molecule has 0 saturated carbocycles. The number of amides is 1. The molecule has 3 nitrogen and oxygen atoms in total. The molecule has 1 aliphatic carbocycles. The van der Waals surface area contributed by atoms with Gasteiger partial charge >= 0.3 is 0 Å². The number of rotatable bonds is 5. The Hall–Kier alpha value is -2.14. The van der Waals surface area contributed by atoms with Gasteiger partial charge in [0.2, 0.25) is 0 Å². The van der Waals surface area contributed by atoms with Crippen LogP contribution in [0.25, 0.3) is 0 Å². The van der Waals surface area contributed by atoms with Gasteiger partial charge in [-0.15, -0.1) is 0 Å². The first-order valence-electron chi connectivity index (χ1n) is 8.22. The Labute approximate surface area is 149 Å². The van der Waals surface area contributed by atoms with Gasteiger partial charge in [0.05, 0.1) is 17.1 Å². The molecular formula is C19H18ClF2NO2. The minimum absolute atomic E-state index is 0.102. The number of halogens is 3. The lowest BCUT2D eigenvalue weighted by atomic mass is 9.92. The molecule has 0 atom stereocenters. The van der Waals surface area contributed by atoms with Crippen molar-refractivity contribution in [3.05, 3.63) is 63.7 Å². The van der Waals surface area contributed by atoms with Crippen LogP contribution in [-0.2, 0) is 12.8 Å². The van der Waals surface area contributed by atoms with Gasteiger partial charge < -0.3 is 10.1 Å². The first kappa shape index (κ1) is 17.7. The highest BCUT2D eigenvalue weighted by Crippen LogP contribution is 2.25. The monoisotopic (exact) mass is 365 g/mol. The van der Waals surface area contributed by atoms with E-state index in [0.29, 0.717) is 0 Å². The van der Waals surface area contributed by atoms with Gasteiger partial charge in [0, 0.05) is 0 Å². The Morgan fingerprint density at radius 3 is 2.60 bits per heavy atom. The molecule has 0 bridgehead atoms. The molecule has 0 heterocycles. The van der Waals surface area contributed by atoms with E-state index < -0.39 is 17.5 Å². The Balaban J connectivity index is 1.51. The van der Waals surface area contributed by atoms with E-state index in [4.69, 9.17) is 16.3 Å². The average Bonchev–Trinajstić information content (AvgIpc) is 2.61. The number of carbonyl (C=O) groups excluding carboxylic acids is 1. The van der Waals surface area contributed by atoms with Gasteiger partial charge in [-0.25, -0.2) is 8.78 Å². The van der Waals surface area contributed by atoms with Crippen LogP contribution in [0.15, 0.2) is 30.3 Å². The van der Waals surface area contributed by atoms with Crippen molar-refractivity contribution < 1.29 is 18.3 Å². The summed E-state index contributed by atoms with van der Waals surface area (Å²) in [6.45, 7) is 0.497. The standard InChI is InChI=1S/C19H18ClF2NO2/c20-16-11-18(22)17(21)10-15(16)19(24)23-7-8-25-14-6-5-12-3-1-2-4-13(12)9-14/h5-6,9-11H,1-4,7-8H2,(H,23,24). The third-order valence-electron chi connectivity index (χ3n) is 4.23. The fraction of sp³-hybridized carbons (Fsp3) is 0.316. The van der Waals surface area contributed by atoms with Crippen molar-refractivity contribution in [3.8, 4) is 5.75 Å². The minimum Gasteiger partial charge on any atom is -0.492 e. The SMILES string of the molecule is O=C(NCCOc1ccc2c(c1)CCCC2)c1cc(F)c(F)cc1Cl. The predicted molar refractivity (Wildman–Crippen MR) is 92.3 cm³/mol. The molecule has 0 fully saturated rings. The highest BCUT2D eigenvalue weighted by Gasteiger charge is 2.15. The maximum atomic E-state index is 13.2. The highest BCUT2D eigenvalue weighted by molar-refractivity contribution is 6.33. The summed E-state index contributed by atoms with van der Waals surface area (Å²) >= 11 is 5.77. The molecule has 0 spiro atoms. The van der Waals surface area contributed by atoms with Crippen LogP contribution in [0.2, 0.25) is 5.02 Å². The van der Waals surface area contributed by atoms with Gasteiger partial charge in [-0.2, -0.15) is 0 Å². The zero-order valence-corrected chi connectivity index (χ0v) is 14.3. The van der Waals surface area contributed by atoms with E-state index >= 15 is 0 Å². The van der Waals surface area contributed by atoms with E-state index in [1.807, 2.05) is 12.1 Å². The third kappa shape index (κ3) is 4.28. The van der Waals surface area contributed by atoms with Crippen LogP contribution in [0.5, 0.6) is 5.75 Å². The Bertz CT molecular complexity index is 795. The van der Waals surface area contributed by atoms with Crippen LogP contribution in [0, 0.1) is 11.6 Å². The molecule has 6 heteroatoms. The topological polar surface area (TPSA) is 38.3 Å². The molecule has 2 aromatic rings. The average molecular weight is 366 g/mol. The van der Waals surface area contributed by atoms with Crippen LogP contribution < -0.4 is 10.1 Å². The number of nitrogens with one attached hydrogen (secondary N) is 1. The normalized spacial score (nSPS) is 13.2. The predicted octanol–water partition coefficient (Wildman–Crippen LogP) is 4.31. The third-order valence-corrected chi connectivity index (χ3v) is 4.54. The summed E-state index contributed by atoms with van der Waals surface area (Å²) < 4.78 is 31.9. The molecule has 0 radical (unpaired) electrons. The van der Waals surface area contributed by atoms with Crippen LogP contribution in [0.3, 0.4) is 0 Å². The van der Waals surface area contributed by atoms with E-state index in [9.17, 15) is 13.6 Å². The summed E-state index contributed by atoms with van der Waals surface area (Å²) in [5.41, 5.74) is 2.59. The summed E-state index contributed by atoms with van der Waals surface area (Å²) in [6, 6.07) is 7.64. The van der Waals surface area contributed by atoms with Crippen molar-refractivity contribution in [2.75, 3.05) is 13.2 Å². The van der Waals surface area contributed by atoms with E-state index in [2.05, 4.69) is 11.4 Å². The Morgan fingerprint density at radius 1 is 1.08 bits per heavy atom. The maximum absolute atomic E-state index is 13.2. The second-order valence-electron chi connectivity index (χ2n) is 5.99. The lowest BCUT2D eigenvalue weighted by Crippen LogP contribution is -2.28. The van der Waals surface area contributed by atoms with E-state index in [1.165, 1.54) is 24.0 Å². The number of benzene rings is 2. The minimum atomic E-state index is -1.11. The van der Waals surface area contributed by atoms with Crippen molar-refractivity contribution in [2.24, 2.45) is 0 Å². The van der Waals surface area contributed by atoms with Crippen molar-refractivity contribution in [1.82, 2.24) is 5.32 Å². The van der Waals surface area contributed by atoms with Gasteiger partial charge in [0.1, 0.15) is 12.4 Å². The number of hydrogen-bond acceptors (Lipinski definition) is 2. The summed E-state index contributed by atoms with van der Waals surface area (Å²) in [5, 5.41) is 2.45. The van der Waals surface area contributed by atoms with Gasteiger partial charge in [0.25, 0.3) is 5.91 Å². The lowest BCUT2D eigenvalue weighted by molar-refractivity contribution is 0.0946. The van der Waals surface area contributed by atoms with Gasteiger partial charge in [-0.05, 0) is 61.1 Å². The highest BCUT2D eigenvalue weighted by atomic mass is 35.5. The number of aryl methyl sites for hydroxylation is 2. The van der Waals surface area contributed by atoms with Crippen LogP contribution in [0.4, 0.5) is 8.78 Å². The molecule has 3 rings (SSSR count). The molecule has 0 aromatic heterocycles. The molecular weight excluding hydrogens is 348 g/mol. The van der Waals surface area contributed by atoms with Gasteiger partial charge in [-0.1, -0.05) is 17.7 Å². The van der Waals surface area contributed by atoms with E-state index in [1.54, 1.807) is 0 Å². The summed E-state index contributed by atoms with van der Waals surface area (Å²) in [7, 11) is 0. The number of ether oxygens (including phenoxy) is 1. The molecule has 0 unspecified atom stereocenters. The smallest absolute Gasteiger partial charge is 0.253 e. The molecule has 0 aliphatic heterocycles. The molecule has 2 aromatic carbocycles. The van der Waals surface area contributed by atoms with Crippen LogP contribution >= 0.6 is 11.6 Å². The molecule has 132 valence electrons. The second kappa shape index (κ2) is 7.83. The lowest BCUT2D eigenvalue weighted by Gasteiger charge is -2.17. The molecule has 1 amide bonds. The number of carbonyl (C=O) groups is 1. The fourth-order valence-corrected chi connectivity index (χ4v) is 3.16. The number of hydrogen-bond donors (Lipinski definition) is 1. The van der Waals surface area contributed by atoms with Crippen LogP contribution in [0.1, 0.15) is 34.3 Å². The van der Waals surface area contributed by atoms with Crippen LogP contribution in [-0.4, -0.2) is 19.1 Å². The fourth-order valence-electron chi connectivity index (χ4n) is 2.92. The number of fused-ring (bicyclic) bond motifs is 1. The molecule has 1 aliphatic rings. The zero-order chi connectivity index (χ0) is 17.8. The van der Waals surface area contributed by atoms with Gasteiger partial charge in [0.15, 0.2) is 11.6 Å². The molecule has 25 heavy (non-hydrogen) atoms. The largest absolute Gasteiger partial charge is 0.492 e. The van der Waals surface area contributed by atoms with E-state index in [0.717, 1.165) is 30.7 Å². The first-order chi connectivity index (χ1) is 12.0. The van der Waals surface area contributed by atoms with Gasteiger partial charge in [-0.3, -0.25) is 4.79 Å². The molecule has 1 N–H and O–H groups in total. The second-order valence-corrected chi connectivity index (χ2v) is 6.40. The van der Waals surface area contributed by atoms with Crippen molar-refractivity contribution >= 4 is 17.5 Å². The van der Waals surface area contributed by atoms with Crippen molar-refractivity contribution in [1.29, 1.82) is 0 Å².